The summed E-state index contributed by atoms with van der Waals surface area (Å²) in [6.45, 7) is 10.2. The normalized spacial score (nSPS) is 12.9. The topological polar surface area (TPSA) is 12.4 Å². The Morgan fingerprint density at radius 1 is 1.35 bits per heavy atom. The van der Waals surface area contributed by atoms with Crippen LogP contribution in [0.5, 0.6) is 0 Å². The summed E-state index contributed by atoms with van der Waals surface area (Å²) in [5.41, 5.74) is 2.70. The van der Waals surface area contributed by atoms with E-state index in [0.29, 0.717) is 6.42 Å². The van der Waals surface area contributed by atoms with Gasteiger partial charge >= 0.3 is 0 Å². The number of halogens is 1. The van der Waals surface area contributed by atoms with E-state index in [1.54, 1.807) is 6.07 Å². The van der Waals surface area contributed by atoms with Crippen molar-refractivity contribution in [2.45, 2.75) is 45.8 Å². The number of aryl methyl sites for hydroxylation is 1. The Kier molecular flexibility index (Phi) is 4.75. The maximum Gasteiger partial charge on any atom is 0.127 e. The number of rotatable bonds is 3. The SMILES string of the molecule is CC(Cc1c(C)cccc1F)=NSC(C)(C)C. The Bertz CT molecular complexity index is 398. The van der Waals surface area contributed by atoms with Gasteiger partial charge in [-0.25, -0.2) is 8.79 Å². The van der Waals surface area contributed by atoms with Crippen LogP contribution in [0.4, 0.5) is 4.39 Å². The predicted molar refractivity (Wildman–Crippen MR) is 75.3 cm³/mol. The highest BCUT2D eigenvalue weighted by Gasteiger charge is 2.11. The summed E-state index contributed by atoms with van der Waals surface area (Å²) in [5, 5.41) is 0. The molecule has 0 saturated heterocycles. The lowest BCUT2D eigenvalue weighted by Crippen LogP contribution is -2.07. The van der Waals surface area contributed by atoms with Crippen LogP contribution in [0.1, 0.15) is 38.8 Å². The standard InChI is InChI=1S/C14H20FNS/c1-10-7-6-8-13(15)12(10)9-11(2)16-17-14(3,4)5/h6-8H,9H2,1-5H3. The molecule has 0 unspecified atom stereocenters. The van der Waals surface area contributed by atoms with Crippen LogP contribution in [-0.2, 0) is 6.42 Å². The molecule has 0 atom stereocenters. The minimum Gasteiger partial charge on any atom is -0.225 e. The molecule has 0 amide bonds. The summed E-state index contributed by atoms with van der Waals surface area (Å²) in [6.07, 6.45) is 0.585. The Morgan fingerprint density at radius 3 is 2.53 bits per heavy atom. The minimum absolute atomic E-state index is 0.103. The van der Waals surface area contributed by atoms with Crippen molar-refractivity contribution in [3.63, 3.8) is 0 Å². The third-order valence-corrected chi connectivity index (χ3v) is 3.21. The van der Waals surface area contributed by atoms with Gasteiger partial charge in [-0.05, 0) is 63.8 Å². The highest BCUT2D eigenvalue weighted by molar-refractivity contribution is 7.99. The molecule has 0 aliphatic heterocycles. The van der Waals surface area contributed by atoms with Crippen molar-refractivity contribution in [2.24, 2.45) is 4.40 Å². The first-order valence-corrected chi connectivity index (χ1v) is 6.52. The highest BCUT2D eigenvalue weighted by Crippen LogP contribution is 2.25. The van der Waals surface area contributed by atoms with Crippen LogP contribution < -0.4 is 0 Å². The van der Waals surface area contributed by atoms with E-state index >= 15 is 0 Å². The maximum atomic E-state index is 13.6. The molecular formula is C14H20FNS. The quantitative estimate of drug-likeness (QED) is 0.567. The lowest BCUT2D eigenvalue weighted by atomic mass is 10.0. The van der Waals surface area contributed by atoms with E-state index in [9.17, 15) is 4.39 Å². The Labute approximate surface area is 108 Å². The van der Waals surface area contributed by atoms with Gasteiger partial charge in [0.1, 0.15) is 5.82 Å². The van der Waals surface area contributed by atoms with Crippen molar-refractivity contribution < 1.29 is 4.39 Å². The molecule has 0 spiro atoms. The maximum absolute atomic E-state index is 13.6. The summed E-state index contributed by atoms with van der Waals surface area (Å²) in [7, 11) is 0. The molecule has 0 radical (unpaired) electrons. The number of hydrogen-bond donors (Lipinski definition) is 0. The molecule has 1 aromatic rings. The van der Waals surface area contributed by atoms with Crippen LogP contribution in [0.2, 0.25) is 0 Å². The first kappa shape index (κ1) is 14.2. The summed E-state index contributed by atoms with van der Waals surface area (Å²) in [4.78, 5) is 0. The number of hydrogen-bond acceptors (Lipinski definition) is 2. The molecule has 0 aliphatic carbocycles. The molecule has 0 saturated carbocycles. The molecule has 0 aliphatic rings. The second-order valence-electron chi connectivity index (χ2n) is 5.24. The summed E-state index contributed by atoms with van der Waals surface area (Å²) in [5.74, 6) is -0.139. The second kappa shape index (κ2) is 5.67. The smallest absolute Gasteiger partial charge is 0.127 e. The van der Waals surface area contributed by atoms with Crippen LogP contribution in [-0.4, -0.2) is 10.5 Å². The Hall–Kier alpha value is -0.830. The lowest BCUT2D eigenvalue weighted by Gasteiger charge is -2.14. The molecule has 1 nitrogen and oxygen atoms in total. The van der Waals surface area contributed by atoms with Gasteiger partial charge in [-0.15, -0.1) is 0 Å². The van der Waals surface area contributed by atoms with Gasteiger partial charge in [0.05, 0.1) is 0 Å². The van der Waals surface area contributed by atoms with Crippen LogP contribution in [0.15, 0.2) is 22.6 Å². The van der Waals surface area contributed by atoms with E-state index in [0.717, 1.165) is 16.8 Å². The number of nitrogens with zero attached hydrogens (tertiary/aromatic N) is 1. The van der Waals surface area contributed by atoms with Gasteiger partial charge in [-0.1, -0.05) is 12.1 Å². The fourth-order valence-corrected chi connectivity index (χ4v) is 1.89. The second-order valence-corrected chi connectivity index (χ2v) is 6.83. The van der Waals surface area contributed by atoms with Crippen LogP contribution in [0.25, 0.3) is 0 Å². The van der Waals surface area contributed by atoms with Gasteiger partial charge < -0.3 is 0 Å². The van der Waals surface area contributed by atoms with Crippen LogP contribution in [0.3, 0.4) is 0 Å². The average Bonchev–Trinajstić information content (AvgIpc) is 2.20. The van der Waals surface area contributed by atoms with Crippen molar-refractivity contribution >= 4 is 17.7 Å². The Morgan fingerprint density at radius 2 is 2.00 bits per heavy atom. The van der Waals surface area contributed by atoms with Crippen molar-refractivity contribution in [1.29, 1.82) is 0 Å². The van der Waals surface area contributed by atoms with Crippen LogP contribution in [0, 0.1) is 12.7 Å². The van der Waals surface area contributed by atoms with Gasteiger partial charge in [0.2, 0.25) is 0 Å². The van der Waals surface area contributed by atoms with Gasteiger partial charge in [0, 0.05) is 16.9 Å². The molecule has 0 aromatic heterocycles. The predicted octanol–water partition coefficient (Wildman–Crippen LogP) is 4.58. The zero-order valence-electron chi connectivity index (χ0n) is 11.2. The van der Waals surface area contributed by atoms with Gasteiger partial charge in [0.25, 0.3) is 0 Å². The summed E-state index contributed by atoms with van der Waals surface area (Å²) in [6, 6.07) is 5.18. The molecule has 0 bridgehead atoms. The van der Waals surface area contributed by atoms with Gasteiger partial charge in [0.15, 0.2) is 0 Å². The highest BCUT2D eigenvalue weighted by atomic mass is 32.2. The molecule has 0 N–H and O–H groups in total. The summed E-state index contributed by atoms with van der Waals surface area (Å²) >= 11 is 1.54. The molecule has 0 heterocycles. The third kappa shape index (κ3) is 4.90. The molecule has 17 heavy (non-hydrogen) atoms. The van der Waals surface area contributed by atoms with E-state index in [4.69, 9.17) is 0 Å². The van der Waals surface area contributed by atoms with E-state index in [1.165, 1.54) is 18.0 Å². The van der Waals surface area contributed by atoms with Crippen molar-refractivity contribution in [3.8, 4) is 0 Å². The van der Waals surface area contributed by atoms with Crippen molar-refractivity contribution in [3.05, 3.63) is 35.1 Å². The first-order chi connectivity index (χ1) is 7.79. The largest absolute Gasteiger partial charge is 0.225 e. The first-order valence-electron chi connectivity index (χ1n) is 5.75. The zero-order valence-corrected chi connectivity index (χ0v) is 12.0. The summed E-state index contributed by atoms with van der Waals surface area (Å²) < 4.78 is 18.2. The fourth-order valence-electron chi connectivity index (χ4n) is 1.39. The molecule has 0 fully saturated rings. The average molecular weight is 253 g/mol. The zero-order chi connectivity index (χ0) is 13.1. The fraction of sp³-hybridized carbons (Fsp3) is 0.500. The molecule has 1 rings (SSSR count). The van der Waals surface area contributed by atoms with Crippen molar-refractivity contribution in [1.82, 2.24) is 0 Å². The number of benzene rings is 1. The molecule has 3 heteroatoms. The molecule has 94 valence electrons. The van der Waals surface area contributed by atoms with Crippen LogP contribution >= 0.6 is 11.9 Å². The van der Waals surface area contributed by atoms with E-state index < -0.39 is 0 Å². The molecule has 1 aromatic carbocycles. The van der Waals surface area contributed by atoms with E-state index in [1.807, 2.05) is 19.9 Å². The van der Waals surface area contributed by atoms with Gasteiger partial charge in [-0.2, -0.15) is 0 Å². The molecular weight excluding hydrogens is 233 g/mol. The van der Waals surface area contributed by atoms with Gasteiger partial charge in [-0.3, -0.25) is 0 Å². The van der Waals surface area contributed by atoms with E-state index in [-0.39, 0.29) is 10.6 Å². The lowest BCUT2D eigenvalue weighted by molar-refractivity contribution is 0.614. The van der Waals surface area contributed by atoms with E-state index in [2.05, 4.69) is 25.2 Å². The third-order valence-electron chi connectivity index (χ3n) is 2.26. The Balaban J connectivity index is 2.78. The monoisotopic (exact) mass is 253 g/mol. The minimum atomic E-state index is -0.139. The van der Waals surface area contributed by atoms with Crippen molar-refractivity contribution in [2.75, 3.05) is 0 Å².